The number of rotatable bonds is 4. The SMILES string of the molecule is COc1ccc(C)cc1C(C)N1CC(CN)CCC1C. The molecule has 2 rings (SSSR count). The van der Waals surface area contributed by atoms with E-state index in [4.69, 9.17) is 10.5 Å². The standard InChI is InChI=1S/C17H28N2O/c1-12-5-8-17(20-4)16(9-12)14(3)19-11-15(10-18)7-6-13(19)2/h5,8-9,13-15H,6-7,10-11,18H2,1-4H3. The Bertz CT molecular complexity index is 447. The maximum Gasteiger partial charge on any atom is 0.123 e. The summed E-state index contributed by atoms with van der Waals surface area (Å²) in [6, 6.07) is 7.42. The molecule has 1 heterocycles. The van der Waals surface area contributed by atoms with E-state index in [2.05, 4.69) is 43.9 Å². The normalized spacial score (nSPS) is 25.4. The van der Waals surface area contributed by atoms with Crippen LogP contribution in [0.15, 0.2) is 18.2 Å². The molecule has 1 fully saturated rings. The van der Waals surface area contributed by atoms with Crippen molar-refractivity contribution in [3.8, 4) is 5.75 Å². The Morgan fingerprint density at radius 1 is 1.40 bits per heavy atom. The Morgan fingerprint density at radius 2 is 2.15 bits per heavy atom. The maximum atomic E-state index is 5.88. The van der Waals surface area contributed by atoms with Gasteiger partial charge in [0.1, 0.15) is 5.75 Å². The number of hydrogen-bond donors (Lipinski definition) is 1. The van der Waals surface area contributed by atoms with Crippen LogP contribution >= 0.6 is 0 Å². The first-order chi connectivity index (χ1) is 9.56. The zero-order valence-corrected chi connectivity index (χ0v) is 13.2. The van der Waals surface area contributed by atoms with Crippen LogP contribution in [0.25, 0.3) is 0 Å². The van der Waals surface area contributed by atoms with Crippen LogP contribution in [-0.2, 0) is 0 Å². The smallest absolute Gasteiger partial charge is 0.123 e. The van der Waals surface area contributed by atoms with Crippen molar-refractivity contribution in [2.45, 2.75) is 45.7 Å². The van der Waals surface area contributed by atoms with Crippen molar-refractivity contribution >= 4 is 0 Å². The molecule has 0 saturated carbocycles. The van der Waals surface area contributed by atoms with Crippen molar-refractivity contribution in [3.05, 3.63) is 29.3 Å². The lowest BCUT2D eigenvalue weighted by atomic mass is 9.90. The summed E-state index contributed by atoms with van der Waals surface area (Å²) in [5, 5.41) is 0. The van der Waals surface area contributed by atoms with E-state index in [-0.39, 0.29) is 0 Å². The molecule has 3 atom stereocenters. The summed E-state index contributed by atoms with van der Waals surface area (Å²) in [7, 11) is 1.75. The number of benzene rings is 1. The molecule has 1 aliphatic rings. The van der Waals surface area contributed by atoms with Gasteiger partial charge in [0.25, 0.3) is 0 Å². The Labute approximate surface area is 123 Å². The second-order valence-electron chi connectivity index (χ2n) is 6.15. The Kier molecular flexibility index (Phi) is 5.06. The first-order valence-electron chi connectivity index (χ1n) is 7.67. The number of nitrogens with two attached hydrogens (primary N) is 1. The van der Waals surface area contributed by atoms with E-state index in [0.717, 1.165) is 18.8 Å². The van der Waals surface area contributed by atoms with E-state index >= 15 is 0 Å². The fraction of sp³-hybridized carbons (Fsp3) is 0.647. The van der Waals surface area contributed by atoms with Crippen LogP contribution in [0.5, 0.6) is 5.75 Å². The number of piperidine rings is 1. The first kappa shape index (κ1) is 15.3. The van der Waals surface area contributed by atoms with Gasteiger partial charge < -0.3 is 10.5 Å². The van der Waals surface area contributed by atoms with Crippen LogP contribution in [0.3, 0.4) is 0 Å². The molecule has 3 nitrogen and oxygen atoms in total. The predicted molar refractivity (Wildman–Crippen MR) is 84.1 cm³/mol. The highest BCUT2D eigenvalue weighted by Gasteiger charge is 2.29. The molecule has 1 saturated heterocycles. The number of nitrogens with zero attached hydrogens (tertiary/aromatic N) is 1. The summed E-state index contributed by atoms with van der Waals surface area (Å²) in [5.41, 5.74) is 8.45. The third kappa shape index (κ3) is 3.15. The highest BCUT2D eigenvalue weighted by molar-refractivity contribution is 5.39. The van der Waals surface area contributed by atoms with Gasteiger partial charge in [-0.05, 0) is 52.1 Å². The lowest BCUT2D eigenvalue weighted by Gasteiger charge is -2.42. The molecular weight excluding hydrogens is 248 g/mol. The third-order valence-corrected chi connectivity index (χ3v) is 4.69. The largest absolute Gasteiger partial charge is 0.496 e. The molecule has 20 heavy (non-hydrogen) atoms. The second kappa shape index (κ2) is 6.59. The zero-order valence-electron chi connectivity index (χ0n) is 13.2. The molecule has 0 bridgehead atoms. The van der Waals surface area contributed by atoms with Crippen LogP contribution < -0.4 is 10.5 Å². The monoisotopic (exact) mass is 276 g/mol. The van der Waals surface area contributed by atoms with Gasteiger partial charge in [-0.2, -0.15) is 0 Å². The summed E-state index contributed by atoms with van der Waals surface area (Å²) >= 11 is 0. The van der Waals surface area contributed by atoms with Crippen LogP contribution in [0.2, 0.25) is 0 Å². The topological polar surface area (TPSA) is 38.5 Å². The summed E-state index contributed by atoms with van der Waals surface area (Å²) in [6.07, 6.45) is 2.49. The fourth-order valence-corrected chi connectivity index (χ4v) is 3.30. The maximum absolute atomic E-state index is 5.88. The molecule has 3 unspecified atom stereocenters. The van der Waals surface area contributed by atoms with Crippen molar-refractivity contribution in [2.75, 3.05) is 20.2 Å². The Balaban J connectivity index is 2.25. The average Bonchev–Trinajstić information content (AvgIpc) is 2.47. The van der Waals surface area contributed by atoms with Gasteiger partial charge in [0.2, 0.25) is 0 Å². The summed E-state index contributed by atoms with van der Waals surface area (Å²) in [5.74, 6) is 1.62. The van der Waals surface area contributed by atoms with Crippen molar-refractivity contribution in [1.82, 2.24) is 4.90 Å². The number of methoxy groups -OCH3 is 1. The van der Waals surface area contributed by atoms with Crippen molar-refractivity contribution in [2.24, 2.45) is 11.7 Å². The molecule has 2 N–H and O–H groups in total. The van der Waals surface area contributed by atoms with Crippen molar-refractivity contribution in [1.29, 1.82) is 0 Å². The van der Waals surface area contributed by atoms with Crippen LogP contribution in [0.4, 0.5) is 0 Å². The minimum Gasteiger partial charge on any atom is -0.496 e. The van der Waals surface area contributed by atoms with E-state index < -0.39 is 0 Å². The Morgan fingerprint density at radius 3 is 2.80 bits per heavy atom. The summed E-state index contributed by atoms with van der Waals surface area (Å²) in [6.45, 7) is 8.63. The molecule has 1 aromatic rings. The molecular formula is C17H28N2O. The van der Waals surface area contributed by atoms with Gasteiger partial charge in [-0.1, -0.05) is 17.7 Å². The molecule has 1 aliphatic heterocycles. The molecule has 0 radical (unpaired) electrons. The fourth-order valence-electron chi connectivity index (χ4n) is 3.30. The molecule has 1 aromatic carbocycles. The number of hydrogen-bond acceptors (Lipinski definition) is 3. The first-order valence-corrected chi connectivity index (χ1v) is 7.67. The van der Waals surface area contributed by atoms with Gasteiger partial charge in [0, 0.05) is 24.2 Å². The van der Waals surface area contributed by atoms with Gasteiger partial charge >= 0.3 is 0 Å². The zero-order chi connectivity index (χ0) is 14.7. The number of aryl methyl sites for hydroxylation is 1. The number of ether oxygens (including phenoxy) is 1. The van der Waals surface area contributed by atoms with Crippen molar-refractivity contribution in [3.63, 3.8) is 0 Å². The third-order valence-electron chi connectivity index (χ3n) is 4.69. The van der Waals surface area contributed by atoms with E-state index in [1.54, 1.807) is 7.11 Å². The van der Waals surface area contributed by atoms with E-state index in [9.17, 15) is 0 Å². The Hall–Kier alpha value is -1.06. The van der Waals surface area contributed by atoms with Gasteiger partial charge in [-0.15, -0.1) is 0 Å². The van der Waals surface area contributed by atoms with E-state index in [1.807, 2.05) is 0 Å². The molecule has 112 valence electrons. The molecule has 0 spiro atoms. The minimum absolute atomic E-state index is 0.370. The van der Waals surface area contributed by atoms with Crippen LogP contribution in [0.1, 0.15) is 43.9 Å². The molecule has 0 aromatic heterocycles. The number of likely N-dealkylation sites (tertiary alicyclic amines) is 1. The van der Waals surface area contributed by atoms with E-state index in [0.29, 0.717) is 18.0 Å². The quantitative estimate of drug-likeness (QED) is 0.918. The minimum atomic E-state index is 0.370. The van der Waals surface area contributed by atoms with E-state index in [1.165, 1.54) is 24.0 Å². The van der Waals surface area contributed by atoms with Gasteiger partial charge in [-0.25, -0.2) is 0 Å². The lowest BCUT2D eigenvalue weighted by molar-refractivity contribution is 0.0801. The van der Waals surface area contributed by atoms with Crippen LogP contribution in [-0.4, -0.2) is 31.1 Å². The second-order valence-corrected chi connectivity index (χ2v) is 6.15. The molecule has 0 amide bonds. The lowest BCUT2D eigenvalue weighted by Crippen LogP contribution is -2.45. The van der Waals surface area contributed by atoms with Gasteiger partial charge in [-0.3, -0.25) is 4.90 Å². The van der Waals surface area contributed by atoms with Gasteiger partial charge in [0.15, 0.2) is 0 Å². The van der Waals surface area contributed by atoms with Crippen molar-refractivity contribution < 1.29 is 4.74 Å². The molecule has 0 aliphatic carbocycles. The highest BCUT2D eigenvalue weighted by Crippen LogP contribution is 2.35. The molecule has 3 heteroatoms. The average molecular weight is 276 g/mol. The predicted octanol–water partition coefficient (Wildman–Crippen LogP) is 3.12. The van der Waals surface area contributed by atoms with Crippen LogP contribution in [0, 0.1) is 12.8 Å². The highest BCUT2D eigenvalue weighted by atomic mass is 16.5. The van der Waals surface area contributed by atoms with Gasteiger partial charge in [0.05, 0.1) is 7.11 Å². The summed E-state index contributed by atoms with van der Waals surface area (Å²) < 4.78 is 5.55. The summed E-state index contributed by atoms with van der Waals surface area (Å²) in [4.78, 5) is 2.58.